The van der Waals surface area contributed by atoms with Gasteiger partial charge in [-0.15, -0.1) is 0 Å². The second-order valence-corrected chi connectivity index (χ2v) is 14.7. The van der Waals surface area contributed by atoms with Gasteiger partial charge in [0.2, 0.25) is 17.3 Å². The fourth-order valence-corrected chi connectivity index (χ4v) is 4.44. The molecule has 1 heterocycles. The summed E-state index contributed by atoms with van der Waals surface area (Å²) < 4.78 is 39.8. The zero-order valence-corrected chi connectivity index (χ0v) is 24.0. The highest BCUT2D eigenvalue weighted by atomic mass is 28.4. The van der Waals surface area contributed by atoms with Crippen molar-refractivity contribution >= 4 is 31.0 Å². The molecule has 0 radical (unpaired) electrons. The van der Waals surface area contributed by atoms with Crippen molar-refractivity contribution in [3.05, 3.63) is 35.4 Å². The lowest BCUT2D eigenvalue weighted by Gasteiger charge is -2.35. The molecule has 0 aliphatic heterocycles. The molecule has 0 aliphatic rings. The topological polar surface area (TPSA) is 103 Å². The molecule has 0 aliphatic carbocycles. The van der Waals surface area contributed by atoms with Gasteiger partial charge in [-0.3, -0.25) is 9.59 Å². The van der Waals surface area contributed by atoms with Crippen LogP contribution in [0.15, 0.2) is 28.7 Å². The SMILES string of the molecule is COc1cc(C(=O)c2c(O[Si](C)(C)C(C)(C)C)oc3c(OC(C)=O)c(OC)ccc23)cc(OC)c1OC. The smallest absolute Gasteiger partial charge is 0.308 e. The van der Waals surface area contributed by atoms with Crippen LogP contribution < -0.4 is 28.1 Å². The molecule has 0 spiro atoms. The van der Waals surface area contributed by atoms with Gasteiger partial charge < -0.3 is 32.5 Å². The lowest BCUT2D eigenvalue weighted by molar-refractivity contribution is -0.131. The summed E-state index contributed by atoms with van der Waals surface area (Å²) in [6, 6.07) is 6.41. The van der Waals surface area contributed by atoms with Crippen LogP contribution in [0.3, 0.4) is 0 Å². The molecular formula is C27H34O9Si. The maximum atomic E-state index is 14.1. The van der Waals surface area contributed by atoms with E-state index in [1.54, 1.807) is 24.3 Å². The molecule has 10 heteroatoms. The highest BCUT2D eigenvalue weighted by molar-refractivity contribution is 6.74. The Bertz CT molecular complexity index is 1310. The number of benzene rings is 2. The van der Waals surface area contributed by atoms with Crippen molar-refractivity contribution in [2.24, 2.45) is 0 Å². The minimum absolute atomic E-state index is 0.0435. The van der Waals surface area contributed by atoms with Crippen molar-refractivity contribution in [3.63, 3.8) is 0 Å². The van der Waals surface area contributed by atoms with E-state index in [-0.39, 0.29) is 39.2 Å². The molecule has 0 saturated heterocycles. The Labute approximate surface area is 217 Å². The molecule has 0 N–H and O–H groups in total. The van der Waals surface area contributed by atoms with Gasteiger partial charge >= 0.3 is 5.97 Å². The third-order valence-electron chi connectivity index (χ3n) is 6.52. The Morgan fingerprint density at radius 2 is 1.41 bits per heavy atom. The molecule has 1 aromatic heterocycles. The van der Waals surface area contributed by atoms with Gasteiger partial charge in [-0.05, 0) is 42.4 Å². The average Bonchev–Trinajstić information content (AvgIpc) is 3.19. The number of hydrogen-bond donors (Lipinski definition) is 0. The Morgan fingerprint density at radius 3 is 1.86 bits per heavy atom. The van der Waals surface area contributed by atoms with Crippen LogP contribution in [0.2, 0.25) is 18.1 Å². The van der Waals surface area contributed by atoms with Crippen LogP contribution in [0, 0.1) is 0 Å². The zero-order valence-electron chi connectivity index (χ0n) is 23.0. The largest absolute Gasteiger partial charge is 0.518 e. The van der Waals surface area contributed by atoms with Crippen molar-refractivity contribution in [1.29, 1.82) is 0 Å². The zero-order chi connectivity index (χ0) is 27.7. The molecule has 0 fully saturated rings. The van der Waals surface area contributed by atoms with Gasteiger partial charge in [0.05, 0.1) is 28.4 Å². The van der Waals surface area contributed by atoms with Gasteiger partial charge in [-0.1, -0.05) is 20.8 Å². The summed E-state index contributed by atoms with van der Waals surface area (Å²) in [6.45, 7) is 11.6. The number of esters is 1. The Morgan fingerprint density at radius 1 is 0.838 bits per heavy atom. The highest BCUT2D eigenvalue weighted by Gasteiger charge is 2.41. The number of hydrogen-bond acceptors (Lipinski definition) is 9. The second kappa shape index (κ2) is 10.4. The fourth-order valence-electron chi connectivity index (χ4n) is 3.53. The number of rotatable bonds is 9. The quantitative estimate of drug-likeness (QED) is 0.142. The van der Waals surface area contributed by atoms with Crippen LogP contribution in [0.4, 0.5) is 0 Å². The van der Waals surface area contributed by atoms with Gasteiger partial charge in [-0.2, -0.15) is 0 Å². The minimum Gasteiger partial charge on any atom is -0.518 e. The number of ketones is 1. The Hall–Kier alpha value is -3.66. The Kier molecular flexibility index (Phi) is 7.82. The van der Waals surface area contributed by atoms with Crippen LogP contribution in [0.1, 0.15) is 43.6 Å². The summed E-state index contributed by atoms with van der Waals surface area (Å²) in [4.78, 5) is 26.0. The average molecular weight is 531 g/mol. The standard InChI is InChI=1S/C27H34O9Si/c1-15(28)34-25-18(30-5)12-11-17-21(26(35-23(17)25)36-37(9,10)27(2,3)4)22(29)16-13-19(31-6)24(33-8)20(14-16)32-7/h11-14H,1-10H3. The van der Waals surface area contributed by atoms with E-state index in [1.807, 2.05) is 13.1 Å². The summed E-state index contributed by atoms with van der Waals surface area (Å²) in [5.74, 6) is 0.440. The van der Waals surface area contributed by atoms with Gasteiger partial charge in [0.15, 0.2) is 22.8 Å². The van der Waals surface area contributed by atoms with Gasteiger partial charge in [0.1, 0.15) is 5.56 Å². The molecule has 2 aromatic carbocycles. The number of carbonyl (C=O) groups excluding carboxylic acids is 2. The number of fused-ring (bicyclic) bond motifs is 1. The van der Waals surface area contributed by atoms with E-state index in [4.69, 9.17) is 32.5 Å². The van der Waals surface area contributed by atoms with Crippen LogP contribution >= 0.6 is 0 Å². The number of carbonyl (C=O) groups is 2. The number of methoxy groups -OCH3 is 4. The van der Waals surface area contributed by atoms with E-state index >= 15 is 0 Å². The van der Waals surface area contributed by atoms with E-state index in [1.165, 1.54) is 35.4 Å². The fraction of sp³-hybridized carbons (Fsp3) is 0.407. The first-order valence-corrected chi connectivity index (χ1v) is 14.6. The molecule has 0 unspecified atom stereocenters. The molecule has 0 amide bonds. The molecule has 200 valence electrons. The third kappa shape index (κ3) is 5.24. The Balaban J connectivity index is 2.35. The molecule has 3 aromatic rings. The van der Waals surface area contributed by atoms with Crippen LogP contribution in [0.5, 0.6) is 34.7 Å². The van der Waals surface area contributed by atoms with Crippen molar-refractivity contribution in [1.82, 2.24) is 0 Å². The van der Waals surface area contributed by atoms with Gasteiger partial charge in [0.25, 0.3) is 14.3 Å². The molecule has 0 saturated carbocycles. The first-order chi connectivity index (χ1) is 17.3. The van der Waals surface area contributed by atoms with Crippen molar-refractivity contribution in [2.75, 3.05) is 28.4 Å². The normalized spacial score (nSPS) is 11.7. The minimum atomic E-state index is -2.46. The summed E-state index contributed by atoms with van der Waals surface area (Å²) >= 11 is 0. The van der Waals surface area contributed by atoms with Crippen molar-refractivity contribution < 1.29 is 42.1 Å². The molecule has 0 bridgehead atoms. The predicted octanol–water partition coefficient (Wildman–Crippen LogP) is 6.01. The summed E-state index contributed by atoms with van der Waals surface area (Å²) in [6.07, 6.45) is 0. The van der Waals surface area contributed by atoms with Crippen LogP contribution in [-0.4, -0.2) is 48.5 Å². The first-order valence-electron chi connectivity index (χ1n) is 11.6. The van der Waals surface area contributed by atoms with Crippen molar-refractivity contribution in [2.45, 2.75) is 45.8 Å². The summed E-state index contributed by atoms with van der Waals surface area (Å²) in [5, 5.41) is 0.222. The van der Waals surface area contributed by atoms with Crippen LogP contribution in [0.25, 0.3) is 11.0 Å². The monoisotopic (exact) mass is 530 g/mol. The number of furan rings is 1. The maximum absolute atomic E-state index is 14.1. The summed E-state index contributed by atoms with van der Waals surface area (Å²) in [5.41, 5.74) is 0.617. The lowest BCUT2D eigenvalue weighted by atomic mass is 10.0. The molecular weight excluding hydrogens is 496 g/mol. The van der Waals surface area contributed by atoms with Crippen LogP contribution in [-0.2, 0) is 4.79 Å². The second-order valence-electron chi connectivity index (χ2n) is 9.94. The molecule has 9 nitrogen and oxygen atoms in total. The molecule has 37 heavy (non-hydrogen) atoms. The molecule has 0 atom stereocenters. The predicted molar refractivity (Wildman–Crippen MR) is 141 cm³/mol. The summed E-state index contributed by atoms with van der Waals surface area (Å²) in [7, 11) is 3.42. The van der Waals surface area contributed by atoms with E-state index in [2.05, 4.69) is 20.8 Å². The highest BCUT2D eigenvalue weighted by Crippen LogP contribution is 2.47. The van der Waals surface area contributed by atoms with Gasteiger partial charge in [0, 0.05) is 17.9 Å². The lowest BCUT2D eigenvalue weighted by Crippen LogP contribution is -2.44. The third-order valence-corrected chi connectivity index (χ3v) is 10.8. The van der Waals surface area contributed by atoms with Crippen molar-refractivity contribution in [3.8, 4) is 34.7 Å². The van der Waals surface area contributed by atoms with E-state index in [0.29, 0.717) is 22.6 Å². The maximum Gasteiger partial charge on any atom is 0.308 e. The first kappa shape index (κ1) is 27.9. The molecule has 3 rings (SSSR count). The van der Waals surface area contributed by atoms with Gasteiger partial charge in [-0.25, -0.2) is 0 Å². The number of ether oxygens (including phenoxy) is 5. The van der Waals surface area contributed by atoms with E-state index in [9.17, 15) is 9.59 Å². The van der Waals surface area contributed by atoms with E-state index in [0.717, 1.165) is 0 Å². The van der Waals surface area contributed by atoms with E-state index < -0.39 is 20.1 Å².